The first-order valence-corrected chi connectivity index (χ1v) is 8.27. The summed E-state index contributed by atoms with van der Waals surface area (Å²) in [5.74, 6) is 0.598. The van der Waals surface area contributed by atoms with Crippen LogP contribution in [0.4, 0.5) is 5.69 Å². The van der Waals surface area contributed by atoms with Gasteiger partial charge in [0.05, 0.1) is 13.5 Å². The molecule has 0 fully saturated rings. The normalized spacial score (nSPS) is 10.3. The summed E-state index contributed by atoms with van der Waals surface area (Å²) >= 11 is 5.23. The van der Waals surface area contributed by atoms with Crippen LogP contribution in [0.3, 0.4) is 0 Å². The molecule has 3 aromatic carbocycles. The number of ether oxygens (including phenoxy) is 1. The van der Waals surface area contributed by atoms with Crippen molar-refractivity contribution in [3.63, 3.8) is 0 Å². The number of rotatable bonds is 4. The molecule has 0 atom stereocenters. The van der Waals surface area contributed by atoms with Gasteiger partial charge in [0.2, 0.25) is 5.91 Å². The van der Waals surface area contributed by atoms with Crippen molar-refractivity contribution < 1.29 is 9.53 Å². The highest BCUT2D eigenvalue weighted by atomic mass is 32.1. The maximum Gasteiger partial charge on any atom is 0.230 e. The molecule has 0 aliphatic rings. The first-order valence-electron chi connectivity index (χ1n) is 7.86. The molecular formula is C20H18N2O2S. The van der Waals surface area contributed by atoms with Crippen molar-refractivity contribution in [3.8, 4) is 5.75 Å². The Bertz CT molecular complexity index is 907. The summed E-state index contributed by atoms with van der Waals surface area (Å²) in [7, 11) is 1.61. The molecule has 126 valence electrons. The van der Waals surface area contributed by atoms with Crippen molar-refractivity contribution in [3.05, 3.63) is 72.3 Å². The second kappa shape index (κ2) is 7.77. The van der Waals surface area contributed by atoms with Gasteiger partial charge in [-0.25, -0.2) is 0 Å². The van der Waals surface area contributed by atoms with E-state index in [2.05, 4.69) is 10.6 Å². The maximum absolute atomic E-state index is 12.1. The summed E-state index contributed by atoms with van der Waals surface area (Å²) < 4.78 is 5.10. The molecule has 0 bridgehead atoms. The average molecular weight is 350 g/mol. The van der Waals surface area contributed by atoms with E-state index in [1.807, 2.05) is 66.7 Å². The molecule has 0 saturated carbocycles. The van der Waals surface area contributed by atoms with Crippen molar-refractivity contribution in [2.24, 2.45) is 0 Å². The number of carbonyl (C=O) groups is 1. The van der Waals surface area contributed by atoms with Crippen LogP contribution in [0.1, 0.15) is 5.56 Å². The van der Waals surface area contributed by atoms with Crippen molar-refractivity contribution in [1.29, 1.82) is 0 Å². The Morgan fingerprint density at radius 1 is 1.00 bits per heavy atom. The molecule has 0 heterocycles. The van der Waals surface area contributed by atoms with Gasteiger partial charge >= 0.3 is 0 Å². The lowest BCUT2D eigenvalue weighted by molar-refractivity contribution is -0.119. The summed E-state index contributed by atoms with van der Waals surface area (Å²) in [6.07, 6.45) is 0.254. The van der Waals surface area contributed by atoms with E-state index in [1.165, 1.54) is 0 Å². The second-order valence-electron chi connectivity index (χ2n) is 5.59. The molecule has 0 unspecified atom stereocenters. The van der Waals surface area contributed by atoms with Crippen molar-refractivity contribution in [1.82, 2.24) is 5.32 Å². The fourth-order valence-electron chi connectivity index (χ4n) is 2.53. The van der Waals surface area contributed by atoms with Crippen molar-refractivity contribution >= 4 is 39.7 Å². The predicted octanol–water partition coefficient (Wildman–Crippen LogP) is 3.90. The number of hydrogen-bond acceptors (Lipinski definition) is 3. The molecule has 0 saturated heterocycles. The average Bonchev–Trinajstić information content (AvgIpc) is 2.62. The number of hydrogen-bond donors (Lipinski definition) is 2. The largest absolute Gasteiger partial charge is 0.497 e. The summed E-state index contributed by atoms with van der Waals surface area (Å²) in [5.41, 5.74) is 1.74. The van der Waals surface area contributed by atoms with Gasteiger partial charge in [-0.2, -0.15) is 0 Å². The topological polar surface area (TPSA) is 50.4 Å². The van der Waals surface area contributed by atoms with E-state index >= 15 is 0 Å². The maximum atomic E-state index is 12.1. The van der Waals surface area contributed by atoms with Crippen LogP contribution in [0, 0.1) is 0 Å². The van der Waals surface area contributed by atoms with Crippen molar-refractivity contribution in [2.45, 2.75) is 6.42 Å². The van der Waals surface area contributed by atoms with Gasteiger partial charge in [-0.1, -0.05) is 42.5 Å². The monoisotopic (exact) mass is 350 g/mol. The zero-order valence-electron chi connectivity index (χ0n) is 13.8. The Balaban J connectivity index is 1.57. The minimum absolute atomic E-state index is 0.163. The number of nitrogens with one attached hydrogen (secondary N) is 2. The first kappa shape index (κ1) is 16.9. The summed E-state index contributed by atoms with van der Waals surface area (Å²) in [5, 5.41) is 8.30. The lowest BCUT2D eigenvalue weighted by atomic mass is 10.1. The third-order valence-electron chi connectivity index (χ3n) is 3.78. The number of anilines is 1. The number of fused-ring (bicyclic) bond motifs is 1. The molecule has 0 aliphatic carbocycles. The molecule has 0 aromatic heterocycles. The fourth-order valence-corrected chi connectivity index (χ4v) is 2.76. The fraction of sp³-hybridized carbons (Fsp3) is 0.100. The number of benzene rings is 3. The van der Waals surface area contributed by atoms with Crippen LogP contribution in [0.5, 0.6) is 5.75 Å². The smallest absolute Gasteiger partial charge is 0.230 e. The summed E-state index contributed by atoms with van der Waals surface area (Å²) in [6.45, 7) is 0. The Morgan fingerprint density at radius 2 is 1.72 bits per heavy atom. The predicted molar refractivity (Wildman–Crippen MR) is 105 cm³/mol. The number of carbonyl (C=O) groups excluding carboxylic acids is 1. The van der Waals surface area contributed by atoms with E-state index in [1.54, 1.807) is 7.11 Å². The minimum atomic E-state index is -0.163. The van der Waals surface area contributed by atoms with Gasteiger partial charge in [-0.15, -0.1) is 0 Å². The molecule has 4 nitrogen and oxygen atoms in total. The van der Waals surface area contributed by atoms with E-state index in [9.17, 15) is 4.79 Å². The second-order valence-corrected chi connectivity index (χ2v) is 6.00. The molecule has 3 aromatic rings. The van der Waals surface area contributed by atoms with Crippen LogP contribution in [0.2, 0.25) is 0 Å². The number of methoxy groups -OCH3 is 1. The molecular weight excluding hydrogens is 332 g/mol. The first-order chi connectivity index (χ1) is 12.1. The summed E-state index contributed by atoms with van der Waals surface area (Å²) in [6, 6.07) is 21.4. The van der Waals surface area contributed by atoms with Gasteiger partial charge < -0.3 is 15.4 Å². The number of amides is 1. The minimum Gasteiger partial charge on any atom is -0.497 e. The van der Waals surface area contributed by atoms with E-state index in [0.717, 1.165) is 27.8 Å². The van der Waals surface area contributed by atoms with Crippen LogP contribution in [-0.2, 0) is 11.2 Å². The van der Waals surface area contributed by atoms with Gasteiger partial charge in [-0.05, 0) is 52.8 Å². The highest BCUT2D eigenvalue weighted by Gasteiger charge is 2.07. The highest BCUT2D eigenvalue weighted by molar-refractivity contribution is 7.80. The van der Waals surface area contributed by atoms with Crippen molar-refractivity contribution in [2.75, 3.05) is 12.4 Å². The van der Waals surface area contributed by atoms with Crippen LogP contribution >= 0.6 is 12.2 Å². The summed E-state index contributed by atoms with van der Waals surface area (Å²) in [4.78, 5) is 12.1. The Labute approximate surface area is 151 Å². The van der Waals surface area contributed by atoms with Crippen LogP contribution in [-0.4, -0.2) is 18.1 Å². The standard InChI is InChI=1S/C20H18N2O2S/c1-24-18-10-6-14(7-11-18)12-19(23)22-20(25)21-17-9-8-15-4-2-3-5-16(15)13-17/h2-11,13H,12H2,1H3,(H2,21,22,23,25). The molecule has 0 spiro atoms. The molecule has 25 heavy (non-hydrogen) atoms. The van der Waals surface area contributed by atoms with Gasteiger partial charge in [0.1, 0.15) is 5.75 Å². The molecule has 5 heteroatoms. The lowest BCUT2D eigenvalue weighted by Gasteiger charge is -2.10. The highest BCUT2D eigenvalue weighted by Crippen LogP contribution is 2.18. The Hall–Kier alpha value is -2.92. The van der Waals surface area contributed by atoms with E-state index in [0.29, 0.717) is 0 Å². The molecule has 3 rings (SSSR count). The Morgan fingerprint density at radius 3 is 2.44 bits per heavy atom. The zero-order valence-corrected chi connectivity index (χ0v) is 14.6. The number of thiocarbonyl (C=S) groups is 1. The van der Waals surface area contributed by atoms with Crippen LogP contribution < -0.4 is 15.4 Å². The van der Waals surface area contributed by atoms with E-state index in [4.69, 9.17) is 17.0 Å². The van der Waals surface area contributed by atoms with Gasteiger partial charge in [-0.3, -0.25) is 4.79 Å². The SMILES string of the molecule is COc1ccc(CC(=O)NC(=S)Nc2ccc3ccccc3c2)cc1. The zero-order chi connectivity index (χ0) is 17.6. The van der Waals surface area contributed by atoms with E-state index in [-0.39, 0.29) is 17.4 Å². The molecule has 0 radical (unpaired) electrons. The van der Waals surface area contributed by atoms with Gasteiger partial charge in [0, 0.05) is 5.69 Å². The van der Waals surface area contributed by atoms with Crippen LogP contribution in [0.15, 0.2) is 66.7 Å². The third-order valence-corrected chi connectivity index (χ3v) is 3.99. The van der Waals surface area contributed by atoms with E-state index < -0.39 is 0 Å². The third kappa shape index (κ3) is 4.55. The molecule has 1 amide bonds. The molecule has 0 aliphatic heterocycles. The quantitative estimate of drug-likeness (QED) is 0.701. The molecule has 2 N–H and O–H groups in total. The van der Waals surface area contributed by atoms with Gasteiger partial charge in [0.15, 0.2) is 5.11 Å². The van der Waals surface area contributed by atoms with Crippen LogP contribution in [0.25, 0.3) is 10.8 Å². The van der Waals surface area contributed by atoms with Gasteiger partial charge in [0.25, 0.3) is 0 Å². The Kier molecular flexibility index (Phi) is 5.26. The lowest BCUT2D eigenvalue weighted by Crippen LogP contribution is -2.35.